The van der Waals surface area contributed by atoms with Crippen LogP contribution in [-0.4, -0.2) is 0 Å². The molecule has 3 aromatic rings. The van der Waals surface area contributed by atoms with Crippen LogP contribution < -0.4 is 13.6 Å². The fourth-order valence-electron chi connectivity index (χ4n) is 2.07. The Bertz CT molecular complexity index is 970. The minimum absolute atomic E-state index is 0.105. The van der Waals surface area contributed by atoms with E-state index in [0.29, 0.717) is 5.75 Å². The molecule has 0 amide bonds. The van der Waals surface area contributed by atoms with Gasteiger partial charge in [0, 0.05) is 0 Å². The minimum atomic E-state index is -2.14. The van der Waals surface area contributed by atoms with E-state index in [4.69, 9.17) is 83.2 Å². The molecule has 0 bridgehead atoms. The highest BCUT2D eigenvalue weighted by Crippen LogP contribution is 2.51. The first-order valence-corrected chi connectivity index (χ1v) is 11.3. The van der Waals surface area contributed by atoms with Gasteiger partial charge in [0.1, 0.15) is 15.8 Å². The van der Waals surface area contributed by atoms with E-state index in [9.17, 15) is 0 Å². The van der Waals surface area contributed by atoms with Crippen LogP contribution >= 0.6 is 78.2 Å². The van der Waals surface area contributed by atoms with Crippen LogP contribution in [0.3, 0.4) is 0 Å². The summed E-state index contributed by atoms with van der Waals surface area (Å²) >= 11 is 37.1. The molecule has 0 aliphatic rings. The Hall–Kier alpha value is -0.770. The Labute approximate surface area is 199 Å². The third-order valence-electron chi connectivity index (χ3n) is 3.54. The summed E-state index contributed by atoms with van der Waals surface area (Å²) in [6, 6.07) is 13.5. The molecule has 0 spiro atoms. The Morgan fingerprint density at radius 3 is 1.41 bits per heavy atom. The second kappa shape index (κ2) is 10.0. The first-order chi connectivity index (χ1) is 13.8. The molecule has 0 unspecified atom stereocenters. The fourth-order valence-corrected chi connectivity index (χ4v) is 4.57. The van der Waals surface area contributed by atoms with Crippen LogP contribution in [0.4, 0.5) is 0 Å². The number of benzene rings is 3. The highest BCUT2D eigenvalue weighted by molar-refractivity contribution is 7.43. The fraction of sp³-hybridized carbons (Fsp3) is 0.0526. The van der Waals surface area contributed by atoms with E-state index in [-0.39, 0.29) is 41.6 Å². The standard InChI is InChI=1S/C19H11Cl6O3P/c1-10-2-4-11(5-3-10)26-29(27-18-14(22)8-6-12(20)16(18)24)28-19-15(23)9-7-13(21)17(19)25/h2-9H,1H3. The zero-order chi connectivity index (χ0) is 21.1. The zero-order valence-electron chi connectivity index (χ0n) is 14.6. The van der Waals surface area contributed by atoms with Crippen molar-refractivity contribution in [1.29, 1.82) is 0 Å². The molecule has 0 N–H and O–H groups in total. The van der Waals surface area contributed by atoms with Crippen molar-refractivity contribution >= 4 is 78.2 Å². The third-order valence-corrected chi connectivity index (χ3v) is 6.73. The minimum Gasteiger partial charge on any atom is -0.409 e. The highest BCUT2D eigenvalue weighted by Gasteiger charge is 2.26. The maximum atomic E-state index is 6.24. The van der Waals surface area contributed by atoms with Gasteiger partial charge in [0.25, 0.3) is 0 Å². The molecule has 29 heavy (non-hydrogen) atoms. The Morgan fingerprint density at radius 2 is 0.966 bits per heavy atom. The molecule has 0 radical (unpaired) electrons. The summed E-state index contributed by atoms with van der Waals surface area (Å²) in [5, 5.41) is 1.21. The summed E-state index contributed by atoms with van der Waals surface area (Å²) in [5.74, 6) is 0.701. The SMILES string of the molecule is Cc1ccc(OP(Oc2c(Cl)ccc(Cl)c2Cl)Oc2c(Cl)ccc(Cl)c2Cl)cc1. The van der Waals surface area contributed by atoms with Gasteiger partial charge in [-0.3, -0.25) is 0 Å². The van der Waals surface area contributed by atoms with Crippen molar-refractivity contribution in [2.24, 2.45) is 0 Å². The van der Waals surface area contributed by atoms with Crippen molar-refractivity contribution in [2.45, 2.75) is 6.92 Å². The van der Waals surface area contributed by atoms with Crippen molar-refractivity contribution < 1.29 is 13.6 Å². The number of hydrogen-bond acceptors (Lipinski definition) is 3. The molecule has 0 heterocycles. The number of aryl methyl sites for hydroxylation is 1. The molecule has 0 saturated heterocycles. The lowest BCUT2D eigenvalue weighted by atomic mass is 10.2. The lowest BCUT2D eigenvalue weighted by molar-refractivity contribution is 0.388. The summed E-state index contributed by atoms with van der Waals surface area (Å²) in [5.41, 5.74) is 1.06. The van der Waals surface area contributed by atoms with E-state index < -0.39 is 8.60 Å². The van der Waals surface area contributed by atoms with E-state index in [0.717, 1.165) is 5.56 Å². The average molecular weight is 531 g/mol. The molecule has 0 fully saturated rings. The van der Waals surface area contributed by atoms with Crippen molar-refractivity contribution in [3.8, 4) is 17.2 Å². The van der Waals surface area contributed by atoms with E-state index in [2.05, 4.69) is 0 Å². The maximum Gasteiger partial charge on any atom is 0.530 e. The average Bonchev–Trinajstić information content (AvgIpc) is 2.70. The smallest absolute Gasteiger partial charge is 0.409 e. The molecule has 0 aliphatic carbocycles. The molecule has 0 atom stereocenters. The van der Waals surface area contributed by atoms with E-state index in [1.54, 1.807) is 36.4 Å². The van der Waals surface area contributed by atoms with E-state index in [1.807, 2.05) is 19.1 Å². The summed E-state index contributed by atoms with van der Waals surface area (Å²) in [4.78, 5) is 0. The molecular weight excluding hydrogens is 520 g/mol. The van der Waals surface area contributed by atoms with Crippen LogP contribution in [0.5, 0.6) is 17.2 Å². The summed E-state index contributed by atoms with van der Waals surface area (Å²) in [7, 11) is -2.14. The number of rotatable bonds is 6. The Balaban J connectivity index is 1.97. The first-order valence-electron chi connectivity index (χ1n) is 7.94. The third kappa shape index (κ3) is 5.68. The van der Waals surface area contributed by atoms with Crippen molar-refractivity contribution in [3.63, 3.8) is 0 Å². The molecular formula is C19H11Cl6O3P. The van der Waals surface area contributed by atoms with Crippen molar-refractivity contribution in [1.82, 2.24) is 0 Å². The van der Waals surface area contributed by atoms with Gasteiger partial charge >= 0.3 is 8.60 Å². The summed E-state index contributed by atoms with van der Waals surface area (Å²) in [6.07, 6.45) is 0. The molecule has 3 nitrogen and oxygen atoms in total. The lowest BCUT2D eigenvalue weighted by Gasteiger charge is -2.20. The monoisotopic (exact) mass is 528 g/mol. The molecule has 0 saturated carbocycles. The van der Waals surface area contributed by atoms with Crippen LogP contribution in [-0.2, 0) is 0 Å². The quantitative estimate of drug-likeness (QED) is 0.234. The lowest BCUT2D eigenvalue weighted by Crippen LogP contribution is -2.04. The van der Waals surface area contributed by atoms with Gasteiger partial charge in [0.2, 0.25) is 0 Å². The Kier molecular flexibility index (Phi) is 7.92. The normalized spacial score (nSPS) is 10.9. The van der Waals surface area contributed by atoms with Gasteiger partial charge in [0.15, 0.2) is 11.5 Å². The molecule has 0 aromatic heterocycles. The number of halogens is 6. The molecule has 3 rings (SSSR count). The second-order valence-corrected chi connectivity index (χ2v) is 9.03. The van der Waals surface area contributed by atoms with Gasteiger partial charge in [-0.25, -0.2) is 0 Å². The molecule has 3 aromatic carbocycles. The molecule has 0 aliphatic heterocycles. The summed E-state index contributed by atoms with van der Waals surface area (Å²) in [6.45, 7) is 1.95. The number of hydrogen-bond donors (Lipinski definition) is 0. The van der Waals surface area contributed by atoms with Crippen LogP contribution in [0.25, 0.3) is 0 Å². The van der Waals surface area contributed by atoms with Gasteiger partial charge in [-0.2, -0.15) is 0 Å². The van der Waals surface area contributed by atoms with Gasteiger partial charge in [-0.1, -0.05) is 87.3 Å². The predicted molar refractivity (Wildman–Crippen MR) is 123 cm³/mol. The Morgan fingerprint density at radius 1 is 0.552 bits per heavy atom. The van der Waals surface area contributed by atoms with E-state index in [1.165, 1.54) is 0 Å². The van der Waals surface area contributed by atoms with Gasteiger partial charge in [0.05, 0.1) is 20.1 Å². The van der Waals surface area contributed by atoms with Crippen LogP contribution in [0.2, 0.25) is 30.1 Å². The van der Waals surface area contributed by atoms with Gasteiger partial charge < -0.3 is 13.6 Å². The highest BCUT2D eigenvalue weighted by atomic mass is 35.5. The van der Waals surface area contributed by atoms with Crippen molar-refractivity contribution in [3.05, 3.63) is 84.2 Å². The zero-order valence-corrected chi connectivity index (χ0v) is 20.0. The van der Waals surface area contributed by atoms with Crippen LogP contribution in [0.15, 0.2) is 48.5 Å². The molecule has 10 heteroatoms. The van der Waals surface area contributed by atoms with E-state index >= 15 is 0 Å². The van der Waals surface area contributed by atoms with Gasteiger partial charge in [-0.15, -0.1) is 0 Å². The van der Waals surface area contributed by atoms with Crippen LogP contribution in [0, 0.1) is 6.92 Å². The van der Waals surface area contributed by atoms with Crippen molar-refractivity contribution in [2.75, 3.05) is 0 Å². The van der Waals surface area contributed by atoms with Crippen LogP contribution in [0.1, 0.15) is 5.56 Å². The van der Waals surface area contributed by atoms with Gasteiger partial charge in [-0.05, 0) is 43.3 Å². The predicted octanol–water partition coefficient (Wildman–Crippen LogP) is 9.68. The second-order valence-electron chi connectivity index (χ2n) is 5.66. The maximum absolute atomic E-state index is 6.24. The largest absolute Gasteiger partial charge is 0.530 e. The molecule has 152 valence electrons. The summed E-state index contributed by atoms with van der Waals surface area (Å²) < 4.78 is 17.6. The first kappa shape index (κ1) is 22.9. The topological polar surface area (TPSA) is 27.7 Å².